The van der Waals surface area contributed by atoms with Gasteiger partial charge < -0.3 is 15.2 Å². The monoisotopic (exact) mass is 369 g/mol. The van der Waals surface area contributed by atoms with Crippen LogP contribution in [0.25, 0.3) is 0 Å². The first-order valence-electron chi connectivity index (χ1n) is 6.41. The molecule has 1 atom stereocenters. The van der Waals surface area contributed by atoms with Gasteiger partial charge in [-0.3, -0.25) is 0 Å². The van der Waals surface area contributed by atoms with E-state index in [1.54, 1.807) is 20.3 Å². The Morgan fingerprint density at radius 3 is 2.29 bits per heavy atom. The van der Waals surface area contributed by atoms with Crippen LogP contribution in [0.1, 0.15) is 22.7 Å². The summed E-state index contributed by atoms with van der Waals surface area (Å²) in [4.78, 5) is 0. The van der Waals surface area contributed by atoms with Gasteiger partial charge in [0.05, 0.1) is 20.3 Å². The van der Waals surface area contributed by atoms with Crippen LogP contribution in [0.4, 0.5) is 0 Å². The first-order chi connectivity index (χ1) is 9.97. The maximum Gasteiger partial charge on any atom is 0.162 e. The number of hydrogen-bond acceptors (Lipinski definition) is 3. The van der Waals surface area contributed by atoms with Crippen molar-refractivity contribution >= 4 is 27.5 Å². The highest BCUT2D eigenvalue weighted by atomic mass is 79.9. The molecule has 0 saturated carbocycles. The van der Waals surface area contributed by atoms with Gasteiger partial charge in [-0.2, -0.15) is 0 Å². The molecule has 0 radical (unpaired) electrons. The standard InChI is InChI=1S/C16H17BrClNO2/c1-9-6-10(4-5-12(9)17)16(19)11-7-14(20-2)15(21-3)8-13(11)18/h4-8,16H,19H2,1-3H3. The molecule has 0 heterocycles. The maximum absolute atomic E-state index is 6.36. The van der Waals surface area contributed by atoms with Crippen LogP contribution < -0.4 is 15.2 Å². The molecule has 0 saturated heterocycles. The zero-order valence-electron chi connectivity index (χ0n) is 12.1. The molecule has 1 unspecified atom stereocenters. The quantitative estimate of drug-likeness (QED) is 0.863. The molecule has 0 aliphatic carbocycles. The molecule has 0 amide bonds. The van der Waals surface area contributed by atoms with Crippen molar-refractivity contribution in [3.8, 4) is 11.5 Å². The highest BCUT2D eigenvalue weighted by molar-refractivity contribution is 9.10. The predicted octanol–water partition coefficient (Wildman–Crippen LogP) is 4.48. The number of benzene rings is 2. The van der Waals surface area contributed by atoms with E-state index in [1.165, 1.54) is 0 Å². The number of aryl methyl sites for hydroxylation is 1. The van der Waals surface area contributed by atoms with Crippen LogP contribution in [0.15, 0.2) is 34.8 Å². The van der Waals surface area contributed by atoms with Crippen molar-refractivity contribution in [1.82, 2.24) is 0 Å². The smallest absolute Gasteiger partial charge is 0.162 e. The fourth-order valence-electron chi connectivity index (χ4n) is 2.15. The van der Waals surface area contributed by atoms with Crippen LogP contribution in [0.5, 0.6) is 11.5 Å². The molecule has 0 bridgehead atoms. The fourth-order valence-corrected chi connectivity index (χ4v) is 2.67. The Balaban J connectivity index is 2.47. The largest absolute Gasteiger partial charge is 0.493 e. The third-order valence-corrected chi connectivity index (χ3v) is 4.60. The fraction of sp³-hybridized carbons (Fsp3) is 0.250. The van der Waals surface area contributed by atoms with E-state index < -0.39 is 0 Å². The Labute approximate surface area is 138 Å². The van der Waals surface area contributed by atoms with E-state index in [-0.39, 0.29) is 6.04 Å². The second kappa shape index (κ2) is 6.69. The van der Waals surface area contributed by atoms with E-state index in [0.29, 0.717) is 16.5 Å². The lowest BCUT2D eigenvalue weighted by Gasteiger charge is -2.18. The Hall–Kier alpha value is -1.23. The Morgan fingerprint density at radius 1 is 1.10 bits per heavy atom. The molecule has 0 aliphatic rings. The molecule has 5 heteroatoms. The van der Waals surface area contributed by atoms with Crippen LogP contribution in [-0.2, 0) is 0 Å². The van der Waals surface area contributed by atoms with Gasteiger partial charge >= 0.3 is 0 Å². The second-order valence-electron chi connectivity index (χ2n) is 4.71. The summed E-state index contributed by atoms with van der Waals surface area (Å²) in [6.07, 6.45) is 0. The summed E-state index contributed by atoms with van der Waals surface area (Å²) < 4.78 is 11.6. The molecular weight excluding hydrogens is 354 g/mol. The molecular formula is C16H17BrClNO2. The lowest BCUT2D eigenvalue weighted by Crippen LogP contribution is -2.13. The maximum atomic E-state index is 6.36. The van der Waals surface area contributed by atoms with Gasteiger partial charge in [0.15, 0.2) is 11.5 Å². The van der Waals surface area contributed by atoms with Crippen molar-refractivity contribution < 1.29 is 9.47 Å². The third kappa shape index (κ3) is 3.34. The minimum atomic E-state index is -0.330. The molecule has 3 nitrogen and oxygen atoms in total. The van der Waals surface area contributed by atoms with E-state index >= 15 is 0 Å². The van der Waals surface area contributed by atoms with Crippen LogP contribution in [-0.4, -0.2) is 14.2 Å². The number of nitrogens with two attached hydrogens (primary N) is 1. The normalized spacial score (nSPS) is 12.1. The molecule has 0 aromatic heterocycles. The number of methoxy groups -OCH3 is 2. The molecule has 2 N–H and O–H groups in total. The van der Waals surface area contributed by atoms with Gasteiger partial charge in [0, 0.05) is 15.6 Å². The molecule has 112 valence electrons. The van der Waals surface area contributed by atoms with Crippen molar-refractivity contribution in [1.29, 1.82) is 0 Å². The van der Waals surface area contributed by atoms with Gasteiger partial charge in [-0.15, -0.1) is 0 Å². The summed E-state index contributed by atoms with van der Waals surface area (Å²) in [5.41, 5.74) is 9.27. The van der Waals surface area contributed by atoms with Crippen LogP contribution in [0.2, 0.25) is 5.02 Å². The van der Waals surface area contributed by atoms with Crippen molar-refractivity contribution in [2.24, 2.45) is 5.73 Å². The summed E-state index contributed by atoms with van der Waals surface area (Å²) in [5.74, 6) is 1.20. The van der Waals surface area contributed by atoms with Gasteiger partial charge in [0.25, 0.3) is 0 Å². The van der Waals surface area contributed by atoms with E-state index in [0.717, 1.165) is 21.2 Å². The SMILES string of the molecule is COc1cc(Cl)c(C(N)c2ccc(Br)c(C)c2)cc1OC. The van der Waals surface area contributed by atoms with E-state index in [9.17, 15) is 0 Å². The number of hydrogen-bond donors (Lipinski definition) is 1. The zero-order valence-corrected chi connectivity index (χ0v) is 14.5. The minimum Gasteiger partial charge on any atom is -0.493 e. The third-order valence-electron chi connectivity index (χ3n) is 3.38. The second-order valence-corrected chi connectivity index (χ2v) is 5.98. The number of rotatable bonds is 4. The van der Waals surface area contributed by atoms with Gasteiger partial charge in [-0.1, -0.05) is 39.7 Å². The molecule has 0 aliphatic heterocycles. The van der Waals surface area contributed by atoms with Gasteiger partial charge in [0.2, 0.25) is 0 Å². The first kappa shape index (κ1) is 16.1. The van der Waals surface area contributed by atoms with Gasteiger partial charge in [0.1, 0.15) is 0 Å². The topological polar surface area (TPSA) is 44.5 Å². The number of halogens is 2. The predicted molar refractivity (Wildman–Crippen MR) is 89.5 cm³/mol. The van der Waals surface area contributed by atoms with E-state index in [1.807, 2.05) is 31.2 Å². The minimum absolute atomic E-state index is 0.330. The lowest BCUT2D eigenvalue weighted by molar-refractivity contribution is 0.354. The highest BCUT2D eigenvalue weighted by Crippen LogP contribution is 2.37. The molecule has 2 aromatic rings. The molecule has 2 rings (SSSR count). The van der Waals surface area contributed by atoms with Gasteiger partial charge in [-0.25, -0.2) is 0 Å². The Bertz CT molecular complexity index is 661. The molecule has 2 aromatic carbocycles. The zero-order chi connectivity index (χ0) is 15.6. The highest BCUT2D eigenvalue weighted by Gasteiger charge is 2.17. The summed E-state index contributed by atoms with van der Waals surface area (Å²) >= 11 is 9.82. The Kier molecular flexibility index (Phi) is 5.14. The van der Waals surface area contributed by atoms with Crippen molar-refractivity contribution in [2.45, 2.75) is 13.0 Å². The average Bonchev–Trinajstić information content (AvgIpc) is 2.49. The molecule has 0 spiro atoms. The van der Waals surface area contributed by atoms with E-state index in [4.69, 9.17) is 26.8 Å². The molecule has 0 fully saturated rings. The first-order valence-corrected chi connectivity index (χ1v) is 7.58. The van der Waals surface area contributed by atoms with E-state index in [2.05, 4.69) is 15.9 Å². The molecule has 21 heavy (non-hydrogen) atoms. The Morgan fingerprint density at radius 2 is 1.71 bits per heavy atom. The summed E-state index contributed by atoms with van der Waals surface area (Å²) in [6.45, 7) is 2.02. The summed E-state index contributed by atoms with van der Waals surface area (Å²) in [7, 11) is 3.16. The average molecular weight is 371 g/mol. The van der Waals surface area contributed by atoms with Crippen LogP contribution >= 0.6 is 27.5 Å². The van der Waals surface area contributed by atoms with Crippen LogP contribution in [0.3, 0.4) is 0 Å². The van der Waals surface area contributed by atoms with Crippen molar-refractivity contribution in [2.75, 3.05) is 14.2 Å². The van der Waals surface area contributed by atoms with Crippen LogP contribution in [0, 0.1) is 6.92 Å². The summed E-state index contributed by atoms with van der Waals surface area (Å²) in [5, 5.41) is 0.556. The van der Waals surface area contributed by atoms with Crippen molar-refractivity contribution in [3.05, 3.63) is 56.5 Å². The lowest BCUT2D eigenvalue weighted by atomic mass is 9.97. The van der Waals surface area contributed by atoms with Crippen molar-refractivity contribution in [3.63, 3.8) is 0 Å². The summed E-state index contributed by atoms with van der Waals surface area (Å²) in [6, 6.07) is 9.23. The number of ether oxygens (including phenoxy) is 2. The van der Waals surface area contributed by atoms with Gasteiger partial charge in [-0.05, 0) is 35.7 Å².